The first-order chi connectivity index (χ1) is 9.58. The molecule has 0 saturated carbocycles. The lowest BCUT2D eigenvalue weighted by atomic mass is 10.1. The highest BCUT2D eigenvalue weighted by atomic mass is 16.5. The lowest BCUT2D eigenvalue weighted by Crippen LogP contribution is -2.30. The van der Waals surface area contributed by atoms with Crippen LogP contribution in [0.4, 0.5) is 0 Å². The van der Waals surface area contributed by atoms with Crippen molar-refractivity contribution in [1.82, 2.24) is 10.3 Å². The second-order valence-electron chi connectivity index (χ2n) is 5.15. The summed E-state index contributed by atoms with van der Waals surface area (Å²) in [4.78, 5) is 4.25. The van der Waals surface area contributed by atoms with Gasteiger partial charge in [-0.3, -0.25) is 0 Å². The van der Waals surface area contributed by atoms with Gasteiger partial charge in [-0.15, -0.1) is 0 Å². The van der Waals surface area contributed by atoms with Gasteiger partial charge >= 0.3 is 0 Å². The average Bonchev–Trinajstić information content (AvgIpc) is 2.86. The van der Waals surface area contributed by atoms with E-state index >= 15 is 0 Å². The van der Waals surface area contributed by atoms with Gasteiger partial charge in [-0.25, -0.2) is 4.98 Å². The summed E-state index contributed by atoms with van der Waals surface area (Å²) in [6.45, 7) is 6.14. The van der Waals surface area contributed by atoms with Gasteiger partial charge in [0.2, 0.25) is 5.89 Å². The molecule has 4 heteroatoms. The van der Waals surface area contributed by atoms with Crippen LogP contribution in [-0.2, 0) is 6.42 Å². The minimum absolute atomic E-state index is 0.108. The Balaban J connectivity index is 1.89. The molecule has 0 saturated heterocycles. The molecule has 0 bridgehead atoms. The lowest BCUT2D eigenvalue weighted by molar-refractivity contribution is 0.376. The molecular formula is C16H22N2O2. The third kappa shape index (κ3) is 3.84. The Hall–Kier alpha value is -1.81. The summed E-state index contributed by atoms with van der Waals surface area (Å²) in [5.41, 5.74) is 1.28. The molecule has 4 nitrogen and oxygen atoms in total. The molecule has 20 heavy (non-hydrogen) atoms. The predicted octanol–water partition coefficient (Wildman–Crippen LogP) is 3.27. The van der Waals surface area contributed by atoms with Crippen LogP contribution in [0.15, 0.2) is 34.9 Å². The van der Waals surface area contributed by atoms with E-state index in [1.807, 2.05) is 19.1 Å². The van der Waals surface area contributed by atoms with Gasteiger partial charge in [-0.2, -0.15) is 0 Å². The molecule has 0 aliphatic rings. The SMILES string of the molecule is COc1ccc(CC(C)NC(C)c2ncc(C)o2)cc1. The number of nitrogens with zero attached hydrogens (tertiary/aromatic N) is 1. The molecule has 0 aliphatic carbocycles. The van der Waals surface area contributed by atoms with Crippen molar-refractivity contribution in [3.8, 4) is 5.75 Å². The van der Waals surface area contributed by atoms with Gasteiger partial charge in [-0.1, -0.05) is 12.1 Å². The molecule has 2 aromatic rings. The van der Waals surface area contributed by atoms with Gasteiger partial charge in [0.1, 0.15) is 11.5 Å². The number of hydrogen-bond donors (Lipinski definition) is 1. The fourth-order valence-electron chi connectivity index (χ4n) is 2.24. The van der Waals surface area contributed by atoms with Gasteiger partial charge in [0.25, 0.3) is 0 Å². The highest BCUT2D eigenvalue weighted by molar-refractivity contribution is 5.27. The summed E-state index contributed by atoms with van der Waals surface area (Å²) in [6, 6.07) is 8.61. The van der Waals surface area contributed by atoms with Crippen molar-refractivity contribution >= 4 is 0 Å². The second kappa shape index (κ2) is 6.57. The van der Waals surface area contributed by atoms with Crippen molar-refractivity contribution in [2.45, 2.75) is 39.3 Å². The smallest absolute Gasteiger partial charge is 0.211 e. The van der Waals surface area contributed by atoms with E-state index in [1.54, 1.807) is 13.3 Å². The molecule has 2 atom stereocenters. The summed E-state index contributed by atoms with van der Waals surface area (Å²) < 4.78 is 10.7. The zero-order chi connectivity index (χ0) is 14.5. The Labute approximate surface area is 120 Å². The van der Waals surface area contributed by atoms with Gasteiger partial charge in [0.15, 0.2) is 0 Å². The number of ether oxygens (including phenoxy) is 1. The van der Waals surface area contributed by atoms with Gasteiger partial charge in [0.05, 0.1) is 19.3 Å². The molecule has 108 valence electrons. The van der Waals surface area contributed by atoms with Gasteiger partial charge in [-0.05, 0) is 44.9 Å². The summed E-state index contributed by atoms with van der Waals surface area (Å²) in [5, 5.41) is 3.50. The minimum Gasteiger partial charge on any atom is -0.497 e. The molecule has 0 amide bonds. The first-order valence-electron chi connectivity index (χ1n) is 6.89. The summed E-state index contributed by atoms with van der Waals surface area (Å²) in [6.07, 6.45) is 2.70. The quantitative estimate of drug-likeness (QED) is 0.878. The largest absolute Gasteiger partial charge is 0.497 e. The standard InChI is InChI=1S/C16H22N2O2/c1-11(9-14-5-7-15(19-4)8-6-14)18-13(3)16-17-10-12(2)20-16/h5-8,10-11,13,18H,9H2,1-4H3. The third-order valence-corrected chi connectivity index (χ3v) is 3.25. The van der Waals surface area contributed by atoms with Crippen LogP contribution in [-0.4, -0.2) is 18.1 Å². The van der Waals surface area contributed by atoms with E-state index in [2.05, 4.69) is 36.3 Å². The molecule has 2 rings (SSSR count). The van der Waals surface area contributed by atoms with Crippen LogP contribution < -0.4 is 10.1 Å². The summed E-state index contributed by atoms with van der Waals surface area (Å²) in [7, 11) is 1.68. The molecule has 1 N–H and O–H groups in total. The van der Waals surface area contributed by atoms with Crippen LogP contribution in [0.25, 0.3) is 0 Å². The first-order valence-corrected chi connectivity index (χ1v) is 6.89. The Morgan fingerprint density at radius 1 is 1.25 bits per heavy atom. The highest BCUT2D eigenvalue weighted by Crippen LogP contribution is 2.15. The van der Waals surface area contributed by atoms with E-state index in [0.29, 0.717) is 6.04 Å². The normalized spacial score (nSPS) is 14.0. The minimum atomic E-state index is 0.108. The van der Waals surface area contributed by atoms with Gasteiger partial charge in [0, 0.05) is 6.04 Å². The number of aryl methyl sites for hydroxylation is 1. The van der Waals surface area contributed by atoms with E-state index < -0.39 is 0 Å². The third-order valence-electron chi connectivity index (χ3n) is 3.25. The fraction of sp³-hybridized carbons (Fsp3) is 0.438. The van der Waals surface area contributed by atoms with Crippen molar-refractivity contribution in [1.29, 1.82) is 0 Å². The Morgan fingerprint density at radius 3 is 2.50 bits per heavy atom. The van der Waals surface area contributed by atoms with Crippen LogP contribution in [0.1, 0.15) is 37.1 Å². The number of benzene rings is 1. The van der Waals surface area contributed by atoms with Crippen molar-refractivity contribution in [2.24, 2.45) is 0 Å². The van der Waals surface area contributed by atoms with Crippen LogP contribution in [0.2, 0.25) is 0 Å². The highest BCUT2D eigenvalue weighted by Gasteiger charge is 2.14. The van der Waals surface area contributed by atoms with E-state index in [-0.39, 0.29) is 6.04 Å². The lowest BCUT2D eigenvalue weighted by Gasteiger charge is -2.18. The maximum absolute atomic E-state index is 5.54. The molecule has 0 spiro atoms. The topological polar surface area (TPSA) is 47.3 Å². The van der Waals surface area contributed by atoms with E-state index in [0.717, 1.165) is 23.8 Å². The Bertz CT molecular complexity index is 534. The molecule has 1 heterocycles. The van der Waals surface area contributed by atoms with Crippen molar-refractivity contribution in [2.75, 3.05) is 7.11 Å². The van der Waals surface area contributed by atoms with Crippen LogP contribution in [0, 0.1) is 6.92 Å². The maximum Gasteiger partial charge on any atom is 0.211 e. The molecule has 1 aromatic heterocycles. The van der Waals surface area contributed by atoms with E-state index in [9.17, 15) is 0 Å². The number of methoxy groups -OCH3 is 1. The molecule has 0 fully saturated rings. The van der Waals surface area contributed by atoms with Crippen molar-refractivity contribution in [3.05, 3.63) is 47.7 Å². The van der Waals surface area contributed by atoms with Crippen LogP contribution >= 0.6 is 0 Å². The van der Waals surface area contributed by atoms with E-state index in [1.165, 1.54) is 5.56 Å². The number of oxazole rings is 1. The molecule has 0 aliphatic heterocycles. The summed E-state index contributed by atoms with van der Waals surface area (Å²) >= 11 is 0. The zero-order valence-electron chi connectivity index (χ0n) is 12.5. The molecular weight excluding hydrogens is 252 g/mol. The molecule has 0 radical (unpaired) electrons. The van der Waals surface area contributed by atoms with Crippen molar-refractivity contribution < 1.29 is 9.15 Å². The Morgan fingerprint density at radius 2 is 1.95 bits per heavy atom. The zero-order valence-corrected chi connectivity index (χ0v) is 12.5. The van der Waals surface area contributed by atoms with Crippen molar-refractivity contribution in [3.63, 3.8) is 0 Å². The number of rotatable bonds is 6. The maximum atomic E-state index is 5.54. The molecule has 1 aromatic carbocycles. The first kappa shape index (κ1) is 14.6. The number of nitrogens with one attached hydrogen (secondary N) is 1. The second-order valence-corrected chi connectivity index (χ2v) is 5.15. The van der Waals surface area contributed by atoms with Crippen LogP contribution in [0.3, 0.4) is 0 Å². The van der Waals surface area contributed by atoms with Gasteiger partial charge < -0.3 is 14.5 Å². The predicted molar refractivity (Wildman–Crippen MR) is 79.0 cm³/mol. The fourth-order valence-corrected chi connectivity index (χ4v) is 2.24. The Kier molecular flexibility index (Phi) is 4.79. The average molecular weight is 274 g/mol. The molecule has 2 unspecified atom stereocenters. The van der Waals surface area contributed by atoms with Crippen LogP contribution in [0.5, 0.6) is 5.75 Å². The van der Waals surface area contributed by atoms with E-state index in [4.69, 9.17) is 9.15 Å². The monoisotopic (exact) mass is 274 g/mol. The number of aromatic nitrogens is 1. The number of hydrogen-bond acceptors (Lipinski definition) is 4. The summed E-state index contributed by atoms with van der Waals surface area (Å²) in [5.74, 6) is 2.47.